The van der Waals surface area contributed by atoms with Crippen LogP contribution in [0, 0.1) is 12.3 Å². The van der Waals surface area contributed by atoms with Crippen LogP contribution in [0.15, 0.2) is 72.0 Å². The van der Waals surface area contributed by atoms with Gasteiger partial charge in [-0.2, -0.15) is 0 Å². The van der Waals surface area contributed by atoms with Crippen LogP contribution in [0.5, 0.6) is 11.5 Å². The molecule has 0 atom stereocenters. The fourth-order valence-electron chi connectivity index (χ4n) is 3.30. The second-order valence-corrected chi connectivity index (χ2v) is 7.35. The highest BCUT2D eigenvalue weighted by Gasteiger charge is 2.13. The molecular formula is C26H25ClN4O4. The Labute approximate surface area is 209 Å². The smallest absolute Gasteiger partial charge is 0.181 e. The number of hydrogen-bond acceptors (Lipinski definition) is 7. The Balaban J connectivity index is 0.00000342. The zero-order chi connectivity index (χ0) is 23.8. The number of ether oxygens (including phenoxy) is 3. The van der Waals surface area contributed by atoms with E-state index in [0.29, 0.717) is 49.2 Å². The molecule has 2 aromatic heterocycles. The fraction of sp³-hybridized carbons (Fsp3) is 0.192. The van der Waals surface area contributed by atoms with Gasteiger partial charge in [-0.1, -0.05) is 12.0 Å². The van der Waals surface area contributed by atoms with Crippen molar-refractivity contribution in [3.63, 3.8) is 0 Å². The van der Waals surface area contributed by atoms with Crippen LogP contribution in [-0.4, -0.2) is 41.5 Å². The molecule has 8 nitrogen and oxygen atoms in total. The highest BCUT2D eigenvalue weighted by Crippen LogP contribution is 2.35. The van der Waals surface area contributed by atoms with E-state index in [4.69, 9.17) is 20.6 Å². The second-order valence-electron chi connectivity index (χ2n) is 7.35. The van der Waals surface area contributed by atoms with Gasteiger partial charge in [-0.3, -0.25) is 4.79 Å². The van der Waals surface area contributed by atoms with Crippen LogP contribution < -0.4 is 20.2 Å². The van der Waals surface area contributed by atoms with Gasteiger partial charge in [0.15, 0.2) is 16.9 Å². The van der Waals surface area contributed by atoms with Crippen molar-refractivity contribution in [3.05, 3.63) is 83.0 Å². The molecule has 0 aliphatic carbocycles. The van der Waals surface area contributed by atoms with Crippen LogP contribution >= 0.6 is 12.4 Å². The number of rotatable bonds is 10. The Kier molecular flexibility index (Phi) is 9.07. The van der Waals surface area contributed by atoms with E-state index in [0.717, 1.165) is 16.6 Å². The van der Waals surface area contributed by atoms with Crippen LogP contribution in [0.2, 0.25) is 0 Å². The number of fused-ring (bicyclic) bond motifs is 1. The summed E-state index contributed by atoms with van der Waals surface area (Å²) in [7, 11) is 1.62. The Hall–Kier alpha value is -4.06. The molecule has 4 rings (SSSR count). The number of terminal acetylenes is 1. The SMILES string of the molecule is C#Cc1cccc(Nc2ncnc3cc(OCCn4ccc(=O)cc4)c(OCCOC)cc23)c1.Cl. The number of nitrogens with one attached hydrogen (secondary N) is 1. The van der Waals surface area contributed by atoms with E-state index in [1.165, 1.54) is 18.5 Å². The first-order valence-electron chi connectivity index (χ1n) is 10.7. The van der Waals surface area contributed by atoms with Gasteiger partial charge in [0.05, 0.1) is 18.7 Å². The molecule has 4 aromatic rings. The average molecular weight is 493 g/mol. The lowest BCUT2D eigenvalue weighted by atomic mass is 10.2. The molecule has 9 heteroatoms. The van der Waals surface area contributed by atoms with Crippen LogP contribution in [0.1, 0.15) is 5.56 Å². The largest absolute Gasteiger partial charge is 0.488 e. The second kappa shape index (κ2) is 12.4. The molecule has 0 aliphatic rings. The number of methoxy groups -OCH3 is 1. The zero-order valence-corrected chi connectivity index (χ0v) is 20.0. The van der Waals surface area contributed by atoms with Crippen molar-refractivity contribution in [2.45, 2.75) is 6.54 Å². The molecule has 1 N–H and O–H groups in total. The lowest BCUT2D eigenvalue weighted by Crippen LogP contribution is -2.11. The Bertz CT molecular complexity index is 1360. The summed E-state index contributed by atoms with van der Waals surface area (Å²) < 4.78 is 19.0. The topological polar surface area (TPSA) is 87.5 Å². The number of pyridine rings is 1. The van der Waals surface area contributed by atoms with Gasteiger partial charge in [0, 0.05) is 54.3 Å². The lowest BCUT2D eigenvalue weighted by molar-refractivity contribution is 0.143. The summed E-state index contributed by atoms with van der Waals surface area (Å²) in [4.78, 5) is 20.1. The standard InChI is InChI=1S/C26H24N4O4.ClH/c1-3-19-5-4-6-20(15-19)29-26-22-16-24(34-14-13-32-2)25(17-23(22)27-18-28-26)33-12-11-30-9-7-21(31)8-10-30;/h1,4-10,15-18H,11-14H2,2H3,(H,27,28,29);1H. The van der Waals surface area contributed by atoms with E-state index in [2.05, 4.69) is 21.2 Å². The van der Waals surface area contributed by atoms with Gasteiger partial charge in [-0.05, 0) is 24.3 Å². The predicted molar refractivity (Wildman–Crippen MR) is 138 cm³/mol. The molecular weight excluding hydrogens is 468 g/mol. The van der Waals surface area contributed by atoms with Gasteiger partial charge in [0.25, 0.3) is 0 Å². The van der Waals surface area contributed by atoms with Gasteiger partial charge >= 0.3 is 0 Å². The van der Waals surface area contributed by atoms with E-state index in [1.807, 2.05) is 41.0 Å². The maximum absolute atomic E-state index is 11.3. The third-order valence-corrected chi connectivity index (χ3v) is 5.01. The van der Waals surface area contributed by atoms with Crippen molar-refractivity contribution in [1.29, 1.82) is 0 Å². The van der Waals surface area contributed by atoms with Crippen molar-refractivity contribution in [2.75, 3.05) is 32.2 Å². The monoisotopic (exact) mass is 492 g/mol. The quantitative estimate of drug-likeness (QED) is 0.264. The van der Waals surface area contributed by atoms with Crippen LogP contribution in [-0.2, 0) is 11.3 Å². The van der Waals surface area contributed by atoms with Gasteiger partial charge in [-0.25, -0.2) is 9.97 Å². The van der Waals surface area contributed by atoms with Crippen LogP contribution in [0.3, 0.4) is 0 Å². The molecule has 35 heavy (non-hydrogen) atoms. The molecule has 0 bridgehead atoms. The summed E-state index contributed by atoms with van der Waals surface area (Å²) in [5, 5.41) is 4.08. The van der Waals surface area contributed by atoms with Crippen molar-refractivity contribution < 1.29 is 14.2 Å². The lowest BCUT2D eigenvalue weighted by Gasteiger charge is -2.16. The maximum Gasteiger partial charge on any atom is 0.181 e. The number of aromatic nitrogens is 3. The molecule has 0 amide bonds. The van der Waals surface area contributed by atoms with Gasteiger partial charge < -0.3 is 24.1 Å². The maximum atomic E-state index is 11.3. The molecule has 180 valence electrons. The first-order chi connectivity index (χ1) is 16.7. The Morgan fingerprint density at radius 2 is 1.77 bits per heavy atom. The molecule has 0 spiro atoms. The summed E-state index contributed by atoms with van der Waals surface area (Å²) in [6, 6.07) is 14.2. The van der Waals surface area contributed by atoms with Crippen LogP contribution in [0.25, 0.3) is 10.9 Å². The molecule has 2 heterocycles. The average Bonchev–Trinajstić information content (AvgIpc) is 2.86. The van der Waals surface area contributed by atoms with Gasteiger partial charge in [0.1, 0.15) is 25.4 Å². The summed E-state index contributed by atoms with van der Waals surface area (Å²) in [6.07, 6.45) is 10.5. The van der Waals surface area contributed by atoms with Crippen molar-refractivity contribution in [1.82, 2.24) is 14.5 Å². The summed E-state index contributed by atoms with van der Waals surface area (Å²) in [5.74, 6) is 4.37. The fourth-order valence-corrected chi connectivity index (χ4v) is 3.30. The first kappa shape index (κ1) is 25.6. The Morgan fingerprint density at radius 3 is 2.54 bits per heavy atom. The third kappa shape index (κ3) is 6.73. The van der Waals surface area contributed by atoms with Crippen molar-refractivity contribution in [2.24, 2.45) is 0 Å². The number of anilines is 2. The van der Waals surface area contributed by atoms with E-state index in [-0.39, 0.29) is 17.8 Å². The van der Waals surface area contributed by atoms with Crippen LogP contribution in [0.4, 0.5) is 11.5 Å². The summed E-state index contributed by atoms with van der Waals surface area (Å²) >= 11 is 0. The molecule has 0 fully saturated rings. The minimum absolute atomic E-state index is 0. The molecule has 0 aliphatic heterocycles. The van der Waals surface area contributed by atoms with Crippen molar-refractivity contribution >= 4 is 34.8 Å². The minimum atomic E-state index is -0.0318. The minimum Gasteiger partial charge on any atom is -0.488 e. The van der Waals surface area contributed by atoms with E-state index in [9.17, 15) is 4.79 Å². The zero-order valence-electron chi connectivity index (χ0n) is 19.1. The summed E-state index contributed by atoms with van der Waals surface area (Å²) in [5.41, 5.74) is 2.25. The van der Waals surface area contributed by atoms with E-state index < -0.39 is 0 Å². The van der Waals surface area contributed by atoms with E-state index >= 15 is 0 Å². The number of benzene rings is 2. The van der Waals surface area contributed by atoms with Crippen molar-refractivity contribution in [3.8, 4) is 23.8 Å². The molecule has 0 saturated carbocycles. The first-order valence-corrected chi connectivity index (χ1v) is 10.7. The Morgan fingerprint density at radius 1 is 1.00 bits per heavy atom. The normalized spacial score (nSPS) is 10.3. The highest BCUT2D eigenvalue weighted by molar-refractivity contribution is 5.93. The van der Waals surface area contributed by atoms with E-state index in [1.54, 1.807) is 19.5 Å². The molecule has 2 aromatic carbocycles. The van der Waals surface area contributed by atoms with Gasteiger partial charge in [0.2, 0.25) is 0 Å². The number of hydrogen-bond donors (Lipinski definition) is 1. The summed E-state index contributed by atoms with van der Waals surface area (Å²) in [6.45, 7) is 1.74. The number of halogens is 1. The molecule has 0 radical (unpaired) electrons. The molecule has 0 saturated heterocycles. The third-order valence-electron chi connectivity index (χ3n) is 5.01. The number of nitrogens with zero attached hydrogens (tertiary/aromatic N) is 3. The highest BCUT2D eigenvalue weighted by atomic mass is 35.5. The predicted octanol–water partition coefficient (Wildman–Crippen LogP) is 4.04. The molecule has 0 unspecified atom stereocenters. The van der Waals surface area contributed by atoms with Gasteiger partial charge in [-0.15, -0.1) is 18.8 Å².